The summed E-state index contributed by atoms with van der Waals surface area (Å²) in [6, 6.07) is 6.59. The number of benzene rings is 1. The van der Waals surface area contributed by atoms with Gasteiger partial charge in [0, 0.05) is 36.8 Å². The maximum Gasteiger partial charge on any atom is 0.303 e. The number of nitrogens with zero attached hydrogens (tertiary/aromatic N) is 3. The van der Waals surface area contributed by atoms with Crippen molar-refractivity contribution in [3.8, 4) is 0 Å². The number of nitrogens with one attached hydrogen (secondary N) is 1. The minimum Gasteiger partial charge on any atom is -0.481 e. The van der Waals surface area contributed by atoms with E-state index in [1.165, 1.54) is 16.9 Å². The van der Waals surface area contributed by atoms with Crippen molar-refractivity contribution in [2.45, 2.75) is 42.1 Å². The first-order chi connectivity index (χ1) is 13.1. The number of carboxylic acid groups (broad SMARTS) is 1. The highest BCUT2D eigenvalue weighted by molar-refractivity contribution is 7.99. The third kappa shape index (κ3) is 3.30. The molecule has 3 aliphatic rings. The molecule has 0 bridgehead atoms. The standard InChI is InChI=1S/C20H22N4O2S/c25-17(26)8-14-9-20(10-14)3-6-24(12-20)11-13-1-2-16-15(7-13)23-18-19(27-16)22-5-4-21-18/h1-2,4-5,7,14H,3,6,8-12H2,(H,21,23)(H,25,26). The van der Waals surface area contributed by atoms with Crippen molar-refractivity contribution < 1.29 is 9.90 Å². The zero-order valence-electron chi connectivity index (χ0n) is 15.0. The number of anilines is 2. The molecule has 7 heteroatoms. The van der Waals surface area contributed by atoms with E-state index in [-0.39, 0.29) is 0 Å². The maximum atomic E-state index is 10.9. The molecule has 3 heterocycles. The topological polar surface area (TPSA) is 78.4 Å². The molecule has 2 aromatic rings. The Balaban J connectivity index is 1.23. The minimum atomic E-state index is -0.657. The Hall–Kier alpha value is -2.12. The van der Waals surface area contributed by atoms with Crippen molar-refractivity contribution >= 4 is 29.2 Å². The smallest absolute Gasteiger partial charge is 0.303 e. The zero-order valence-corrected chi connectivity index (χ0v) is 15.8. The lowest BCUT2D eigenvalue weighted by molar-refractivity contribution is -0.140. The van der Waals surface area contributed by atoms with E-state index in [1.807, 2.05) is 0 Å². The van der Waals surface area contributed by atoms with Crippen LogP contribution in [0, 0.1) is 11.3 Å². The molecule has 2 fully saturated rings. The van der Waals surface area contributed by atoms with Gasteiger partial charge in [0.1, 0.15) is 5.03 Å². The second-order valence-electron chi connectivity index (χ2n) is 8.10. The Morgan fingerprint density at radius 1 is 1.33 bits per heavy atom. The molecule has 2 aliphatic heterocycles. The van der Waals surface area contributed by atoms with Gasteiger partial charge in [0.2, 0.25) is 0 Å². The zero-order chi connectivity index (χ0) is 18.4. The summed E-state index contributed by atoms with van der Waals surface area (Å²) in [5, 5.41) is 13.3. The first-order valence-electron chi connectivity index (χ1n) is 9.42. The molecular weight excluding hydrogens is 360 g/mol. The summed E-state index contributed by atoms with van der Waals surface area (Å²) in [4.78, 5) is 23.3. The third-order valence-corrected chi connectivity index (χ3v) is 7.07. The fourth-order valence-corrected chi connectivity index (χ4v) is 5.77. The normalized spacial score (nSPS) is 26.1. The average molecular weight is 382 g/mol. The fraction of sp³-hybridized carbons (Fsp3) is 0.450. The highest BCUT2D eigenvalue weighted by Gasteiger charge is 2.48. The first kappa shape index (κ1) is 17.0. The monoisotopic (exact) mass is 382 g/mol. The van der Waals surface area contributed by atoms with Crippen molar-refractivity contribution in [2.24, 2.45) is 11.3 Å². The number of aliphatic carboxylic acids is 1. The van der Waals surface area contributed by atoms with Gasteiger partial charge in [-0.25, -0.2) is 9.97 Å². The Morgan fingerprint density at radius 3 is 3.04 bits per heavy atom. The molecule has 1 saturated carbocycles. The molecule has 0 amide bonds. The molecule has 1 aromatic heterocycles. The molecule has 5 rings (SSSR count). The van der Waals surface area contributed by atoms with E-state index in [0.29, 0.717) is 17.8 Å². The van der Waals surface area contributed by atoms with Crippen LogP contribution in [0.2, 0.25) is 0 Å². The van der Waals surface area contributed by atoms with Crippen LogP contribution >= 0.6 is 11.8 Å². The van der Waals surface area contributed by atoms with Crippen LogP contribution in [0.4, 0.5) is 11.5 Å². The van der Waals surface area contributed by atoms with E-state index in [2.05, 4.69) is 38.4 Å². The van der Waals surface area contributed by atoms with Crippen molar-refractivity contribution in [1.29, 1.82) is 0 Å². The van der Waals surface area contributed by atoms with Gasteiger partial charge >= 0.3 is 5.97 Å². The fourth-order valence-electron chi connectivity index (χ4n) is 4.89. The second-order valence-corrected chi connectivity index (χ2v) is 9.13. The van der Waals surface area contributed by atoms with E-state index in [1.54, 1.807) is 24.2 Å². The summed E-state index contributed by atoms with van der Waals surface area (Å²) in [7, 11) is 0. The van der Waals surface area contributed by atoms with Crippen LogP contribution in [-0.2, 0) is 11.3 Å². The predicted molar refractivity (Wildman–Crippen MR) is 103 cm³/mol. The quantitative estimate of drug-likeness (QED) is 0.711. The van der Waals surface area contributed by atoms with Gasteiger partial charge in [-0.05, 0) is 54.8 Å². The van der Waals surface area contributed by atoms with Crippen LogP contribution in [0.15, 0.2) is 40.5 Å². The Bertz CT molecular complexity index is 897. The predicted octanol–water partition coefficient (Wildman–Crippen LogP) is 3.76. The van der Waals surface area contributed by atoms with Crippen LogP contribution in [0.3, 0.4) is 0 Å². The van der Waals surface area contributed by atoms with E-state index >= 15 is 0 Å². The third-order valence-electron chi connectivity index (χ3n) is 6.00. The summed E-state index contributed by atoms with van der Waals surface area (Å²) < 4.78 is 0. The van der Waals surface area contributed by atoms with Crippen molar-refractivity contribution in [3.05, 3.63) is 36.2 Å². The molecule has 1 spiro atoms. The molecule has 1 aliphatic carbocycles. The number of aromatic nitrogens is 2. The SMILES string of the molecule is O=C(O)CC1CC2(CCN(Cc3ccc4c(c3)Nc3nccnc3S4)C2)C1. The van der Waals surface area contributed by atoms with Crippen LogP contribution in [0.5, 0.6) is 0 Å². The minimum absolute atomic E-state index is 0.334. The molecular formula is C20H22N4O2S. The molecule has 1 saturated heterocycles. The molecule has 1 aromatic carbocycles. The molecule has 0 atom stereocenters. The van der Waals surface area contributed by atoms with Crippen LogP contribution in [0.25, 0.3) is 0 Å². The summed E-state index contributed by atoms with van der Waals surface area (Å²) in [6.07, 6.45) is 7.12. The van der Waals surface area contributed by atoms with Gasteiger partial charge in [-0.1, -0.05) is 17.8 Å². The summed E-state index contributed by atoms with van der Waals surface area (Å²) in [6.45, 7) is 3.14. The van der Waals surface area contributed by atoms with Crippen LogP contribution in [-0.4, -0.2) is 39.0 Å². The lowest BCUT2D eigenvalue weighted by Gasteiger charge is -2.45. The number of fused-ring (bicyclic) bond motifs is 2. The average Bonchev–Trinajstić information content (AvgIpc) is 3.03. The van der Waals surface area contributed by atoms with Gasteiger partial charge < -0.3 is 10.4 Å². The van der Waals surface area contributed by atoms with E-state index in [9.17, 15) is 4.79 Å². The summed E-state index contributed by atoms with van der Waals surface area (Å²) in [5.74, 6) is 0.551. The lowest BCUT2D eigenvalue weighted by atomic mass is 9.60. The van der Waals surface area contributed by atoms with Gasteiger partial charge in [-0.3, -0.25) is 9.69 Å². The molecule has 0 unspecified atom stereocenters. The number of likely N-dealkylation sites (tertiary alicyclic amines) is 1. The van der Waals surface area contributed by atoms with Crippen molar-refractivity contribution in [2.75, 3.05) is 18.4 Å². The number of rotatable bonds is 4. The Labute approximate surface area is 162 Å². The maximum absolute atomic E-state index is 10.9. The molecule has 140 valence electrons. The Kier molecular flexibility index (Phi) is 4.09. The first-order valence-corrected chi connectivity index (χ1v) is 10.2. The summed E-state index contributed by atoms with van der Waals surface area (Å²) >= 11 is 1.65. The van der Waals surface area contributed by atoms with Crippen LogP contribution in [0.1, 0.15) is 31.2 Å². The number of carboxylic acids is 1. The van der Waals surface area contributed by atoms with Crippen LogP contribution < -0.4 is 5.32 Å². The highest BCUT2D eigenvalue weighted by Crippen LogP contribution is 2.53. The lowest BCUT2D eigenvalue weighted by Crippen LogP contribution is -2.40. The van der Waals surface area contributed by atoms with Gasteiger partial charge in [0.05, 0.1) is 5.69 Å². The van der Waals surface area contributed by atoms with Gasteiger partial charge in [0.25, 0.3) is 0 Å². The van der Waals surface area contributed by atoms with Crippen molar-refractivity contribution in [1.82, 2.24) is 14.9 Å². The van der Waals surface area contributed by atoms with Crippen molar-refractivity contribution in [3.63, 3.8) is 0 Å². The second kappa shape index (κ2) is 6.49. The molecule has 6 nitrogen and oxygen atoms in total. The van der Waals surface area contributed by atoms with Gasteiger partial charge in [-0.15, -0.1) is 0 Å². The highest BCUT2D eigenvalue weighted by atomic mass is 32.2. The summed E-state index contributed by atoms with van der Waals surface area (Å²) in [5.41, 5.74) is 2.77. The van der Waals surface area contributed by atoms with E-state index in [0.717, 1.165) is 49.0 Å². The van der Waals surface area contributed by atoms with Gasteiger partial charge in [0.15, 0.2) is 5.82 Å². The van der Waals surface area contributed by atoms with Gasteiger partial charge in [-0.2, -0.15) is 0 Å². The number of hydrogen-bond donors (Lipinski definition) is 2. The molecule has 0 radical (unpaired) electrons. The van der Waals surface area contributed by atoms with E-state index < -0.39 is 5.97 Å². The molecule has 27 heavy (non-hydrogen) atoms. The number of hydrogen-bond acceptors (Lipinski definition) is 6. The van der Waals surface area contributed by atoms with E-state index in [4.69, 9.17) is 5.11 Å². The number of carbonyl (C=O) groups is 1. The largest absolute Gasteiger partial charge is 0.481 e. The molecule has 2 N–H and O–H groups in total. The Morgan fingerprint density at radius 2 is 2.19 bits per heavy atom.